The standard InChI is InChI=1S/C19H27N3O2/c23-19(24)17-3-1-15(2-4-17)13-21-9-11-22(12-10-21)18-14-20-7-5-16(18)6-8-20/h1-4,16,18H,5-14H2,(H,23,24). The van der Waals surface area contributed by atoms with Crippen LogP contribution in [-0.2, 0) is 6.54 Å². The summed E-state index contributed by atoms with van der Waals surface area (Å²) >= 11 is 0. The lowest BCUT2D eigenvalue weighted by Crippen LogP contribution is -2.60. The van der Waals surface area contributed by atoms with Crippen LogP contribution in [-0.4, -0.2) is 77.6 Å². The molecule has 4 aliphatic heterocycles. The molecule has 4 saturated heterocycles. The van der Waals surface area contributed by atoms with E-state index in [-0.39, 0.29) is 0 Å². The number of piperazine rings is 1. The van der Waals surface area contributed by atoms with E-state index >= 15 is 0 Å². The molecule has 1 unspecified atom stereocenters. The zero-order chi connectivity index (χ0) is 16.5. The molecule has 130 valence electrons. The van der Waals surface area contributed by atoms with Gasteiger partial charge in [0.15, 0.2) is 0 Å². The highest BCUT2D eigenvalue weighted by Crippen LogP contribution is 2.31. The Hall–Kier alpha value is -1.43. The lowest BCUT2D eigenvalue weighted by atomic mass is 9.83. The van der Waals surface area contributed by atoms with E-state index in [0.29, 0.717) is 5.56 Å². The Morgan fingerprint density at radius 3 is 2.21 bits per heavy atom. The molecular weight excluding hydrogens is 302 g/mol. The van der Waals surface area contributed by atoms with Gasteiger partial charge in [-0.15, -0.1) is 0 Å². The van der Waals surface area contributed by atoms with Crippen molar-refractivity contribution in [1.29, 1.82) is 0 Å². The van der Waals surface area contributed by atoms with Gasteiger partial charge in [0.2, 0.25) is 0 Å². The maximum Gasteiger partial charge on any atom is 0.335 e. The molecule has 4 heterocycles. The van der Waals surface area contributed by atoms with Gasteiger partial charge in [-0.05, 0) is 49.5 Å². The Balaban J connectivity index is 1.29. The quantitative estimate of drug-likeness (QED) is 0.909. The summed E-state index contributed by atoms with van der Waals surface area (Å²) in [5.74, 6) is 0.0674. The van der Waals surface area contributed by atoms with Gasteiger partial charge in [0.1, 0.15) is 0 Å². The number of rotatable bonds is 4. The number of benzene rings is 1. The van der Waals surface area contributed by atoms with Gasteiger partial charge >= 0.3 is 5.97 Å². The maximum atomic E-state index is 10.9. The molecule has 24 heavy (non-hydrogen) atoms. The second-order valence-electron chi connectivity index (χ2n) is 7.52. The minimum Gasteiger partial charge on any atom is -0.478 e. The second kappa shape index (κ2) is 6.82. The zero-order valence-electron chi connectivity index (χ0n) is 14.2. The summed E-state index contributed by atoms with van der Waals surface area (Å²) in [5, 5.41) is 8.98. The van der Waals surface area contributed by atoms with Gasteiger partial charge in [-0.2, -0.15) is 0 Å². The summed E-state index contributed by atoms with van der Waals surface area (Å²) < 4.78 is 0. The van der Waals surface area contributed by atoms with Crippen LogP contribution in [0.3, 0.4) is 0 Å². The van der Waals surface area contributed by atoms with Gasteiger partial charge in [0.05, 0.1) is 5.56 Å². The summed E-state index contributed by atoms with van der Waals surface area (Å²) in [6, 6.07) is 8.10. The average molecular weight is 329 g/mol. The minimum atomic E-state index is -0.854. The molecule has 1 aromatic carbocycles. The van der Waals surface area contributed by atoms with Crippen LogP contribution < -0.4 is 0 Å². The Morgan fingerprint density at radius 1 is 1.00 bits per heavy atom. The van der Waals surface area contributed by atoms with Crippen molar-refractivity contribution in [3.05, 3.63) is 35.4 Å². The van der Waals surface area contributed by atoms with Crippen LogP contribution in [0.2, 0.25) is 0 Å². The molecule has 0 aliphatic carbocycles. The van der Waals surface area contributed by atoms with E-state index < -0.39 is 5.97 Å². The molecule has 0 aromatic heterocycles. The first-order chi connectivity index (χ1) is 11.7. The Morgan fingerprint density at radius 2 is 1.67 bits per heavy atom. The van der Waals surface area contributed by atoms with Crippen LogP contribution in [0.1, 0.15) is 28.8 Å². The fraction of sp³-hybridized carbons (Fsp3) is 0.632. The van der Waals surface area contributed by atoms with Crippen molar-refractivity contribution in [2.75, 3.05) is 45.8 Å². The number of hydrogen-bond donors (Lipinski definition) is 1. The molecule has 1 atom stereocenters. The number of carbonyl (C=O) groups is 1. The molecule has 0 amide bonds. The van der Waals surface area contributed by atoms with E-state index in [4.69, 9.17) is 5.11 Å². The summed E-state index contributed by atoms with van der Waals surface area (Å²) in [4.78, 5) is 18.8. The molecular formula is C19H27N3O2. The average Bonchev–Trinajstić information content (AvgIpc) is 2.64. The number of piperidine rings is 3. The highest BCUT2D eigenvalue weighted by atomic mass is 16.4. The number of aromatic carboxylic acids is 1. The molecule has 1 N–H and O–H groups in total. The SMILES string of the molecule is O=C(O)c1ccc(CN2CCN(C3CN4CCC3CC4)CC2)cc1. The first-order valence-corrected chi connectivity index (χ1v) is 9.20. The van der Waals surface area contributed by atoms with Gasteiger partial charge in [0.25, 0.3) is 0 Å². The number of carboxylic acids is 1. The number of hydrogen-bond acceptors (Lipinski definition) is 4. The van der Waals surface area contributed by atoms with E-state index in [1.54, 1.807) is 12.1 Å². The van der Waals surface area contributed by atoms with Gasteiger partial charge < -0.3 is 10.0 Å². The molecule has 5 nitrogen and oxygen atoms in total. The monoisotopic (exact) mass is 329 g/mol. The number of carboxylic acid groups (broad SMARTS) is 1. The Bertz CT molecular complexity index is 573. The van der Waals surface area contributed by atoms with Gasteiger partial charge in [-0.3, -0.25) is 9.80 Å². The highest BCUT2D eigenvalue weighted by Gasteiger charge is 2.38. The second-order valence-corrected chi connectivity index (χ2v) is 7.52. The largest absolute Gasteiger partial charge is 0.478 e. The lowest BCUT2D eigenvalue weighted by molar-refractivity contribution is -0.0162. The van der Waals surface area contributed by atoms with E-state index in [1.807, 2.05) is 12.1 Å². The van der Waals surface area contributed by atoms with Gasteiger partial charge in [-0.25, -0.2) is 4.79 Å². The van der Waals surface area contributed by atoms with Crippen LogP contribution in [0.4, 0.5) is 0 Å². The van der Waals surface area contributed by atoms with Crippen LogP contribution in [0.25, 0.3) is 0 Å². The first-order valence-electron chi connectivity index (χ1n) is 9.20. The Kier molecular flexibility index (Phi) is 4.57. The molecule has 2 bridgehead atoms. The summed E-state index contributed by atoms with van der Waals surface area (Å²) in [7, 11) is 0. The molecule has 4 fully saturated rings. The molecule has 5 rings (SSSR count). The smallest absolute Gasteiger partial charge is 0.335 e. The van der Waals surface area contributed by atoms with Crippen molar-refractivity contribution >= 4 is 5.97 Å². The van der Waals surface area contributed by atoms with Crippen LogP contribution in [0.5, 0.6) is 0 Å². The predicted molar refractivity (Wildman–Crippen MR) is 93.2 cm³/mol. The number of fused-ring (bicyclic) bond motifs is 3. The number of nitrogens with zero attached hydrogens (tertiary/aromatic N) is 3. The van der Waals surface area contributed by atoms with Gasteiger partial charge in [0, 0.05) is 45.3 Å². The van der Waals surface area contributed by atoms with E-state index in [2.05, 4.69) is 14.7 Å². The molecule has 5 heteroatoms. The topological polar surface area (TPSA) is 47.0 Å². The van der Waals surface area contributed by atoms with Crippen molar-refractivity contribution < 1.29 is 9.90 Å². The normalized spacial score (nSPS) is 31.2. The molecule has 0 radical (unpaired) electrons. The lowest BCUT2D eigenvalue weighted by Gasteiger charge is -2.51. The molecule has 0 saturated carbocycles. The predicted octanol–water partition coefficient (Wildman–Crippen LogP) is 1.60. The van der Waals surface area contributed by atoms with Crippen LogP contribution in [0.15, 0.2) is 24.3 Å². The third-order valence-electron chi connectivity index (χ3n) is 6.10. The third kappa shape index (κ3) is 3.34. The van der Waals surface area contributed by atoms with Gasteiger partial charge in [-0.1, -0.05) is 12.1 Å². The maximum absolute atomic E-state index is 10.9. The van der Waals surface area contributed by atoms with Crippen LogP contribution >= 0.6 is 0 Å². The summed E-state index contributed by atoms with van der Waals surface area (Å²) in [5.41, 5.74) is 1.57. The van der Waals surface area contributed by atoms with Crippen molar-refractivity contribution in [1.82, 2.24) is 14.7 Å². The fourth-order valence-electron chi connectivity index (χ4n) is 4.61. The Labute approximate surface area is 143 Å². The summed E-state index contributed by atoms with van der Waals surface area (Å²) in [6.07, 6.45) is 2.78. The van der Waals surface area contributed by atoms with E-state index in [1.165, 1.54) is 51.1 Å². The van der Waals surface area contributed by atoms with Crippen molar-refractivity contribution in [3.8, 4) is 0 Å². The van der Waals surface area contributed by atoms with Crippen LogP contribution in [0, 0.1) is 5.92 Å². The third-order valence-corrected chi connectivity index (χ3v) is 6.10. The van der Waals surface area contributed by atoms with E-state index in [0.717, 1.165) is 31.6 Å². The molecule has 0 spiro atoms. The van der Waals surface area contributed by atoms with Crippen molar-refractivity contribution in [2.24, 2.45) is 5.92 Å². The first kappa shape index (κ1) is 16.1. The fourth-order valence-corrected chi connectivity index (χ4v) is 4.61. The van der Waals surface area contributed by atoms with Crippen molar-refractivity contribution in [2.45, 2.75) is 25.4 Å². The molecule has 4 aliphatic rings. The molecule has 1 aromatic rings. The minimum absolute atomic E-state index is 0.367. The highest BCUT2D eigenvalue weighted by molar-refractivity contribution is 5.87. The summed E-state index contributed by atoms with van der Waals surface area (Å²) in [6.45, 7) is 9.40. The van der Waals surface area contributed by atoms with E-state index in [9.17, 15) is 4.79 Å². The zero-order valence-corrected chi connectivity index (χ0v) is 14.2. The van der Waals surface area contributed by atoms with Crippen molar-refractivity contribution in [3.63, 3.8) is 0 Å².